The van der Waals surface area contributed by atoms with Crippen molar-refractivity contribution in [2.75, 3.05) is 19.8 Å². The zero-order valence-electron chi connectivity index (χ0n) is 5.72. The number of rotatable bonds is 0. The quantitative estimate of drug-likeness (QED) is 0.459. The minimum Gasteiger partial charge on any atom is -0.376 e. The van der Waals surface area contributed by atoms with Gasteiger partial charge in [-0.15, -0.1) is 0 Å². The third kappa shape index (κ3) is 0.644. The Morgan fingerprint density at radius 2 is 2.25 bits per heavy atom. The van der Waals surface area contributed by atoms with Gasteiger partial charge in [0, 0.05) is 0 Å². The molecule has 2 nitrogen and oxygen atoms in total. The zero-order valence-corrected chi connectivity index (χ0v) is 4.72. The van der Waals surface area contributed by atoms with Crippen molar-refractivity contribution in [1.29, 1.82) is 0 Å². The van der Waals surface area contributed by atoms with E-state index in [-0.39, 0.29) is 5.60 Å². The fraction of sp³-hybridized carbons (Fsp3) is 1.00. The van der Waals surface area contributed by atoms with Crippen LogP contribution in [0.5, 0.6) is 0 Å². The largest absolute Gasteiger partial charge is 0.376 e. The maximum atomic E-state index is 7.39. The third-order valence-corrected chi connectivity index (χ3v) is 1.63. The van der Waals surface area contributed by atoms with E-state index in [1.807, 2.05) is 0 Å². The van der Waals surface area contributed by atoms with Crippen molar-refractivity contribution in [3.63, 3.8) is 0 Å². The second kappa shape index (κ2) is 1.45. The first-order chi connectivity index (χ1) is 4.33. The maximum absolute atomic E-state index is 7.39. The van der Waals surface area contributed by atoms with Gasteiger partial charge in [0.25, 0.3) is 0 Å². The highest BCUT2D eigenvalue weighted by Gasteiger charge is 2.45. The molecule has 2 heteroatoms. The van der Waals surface area contributed by atoms with Crippen LogP contribution in [0.4, 0.5) is 0 Å². The van der Waals surface area contributed by atoms with Crippen LogP contribution in [0.2, 0.25) is 0 Å². The Morgan fingerprint density at radius 1 is 1.38 bits per heavy atom. The predicted octanol–water partition coefficient (Wildman–Crippen LogP) is 0.566. The van der Waals surface area contributed by atoms with E-state index in [4.69, 9.17) is 10.8 Å². The Morgan fingerprint density at radius 3 is 2.75 bits per heavy atom. The molecule has 0 aromatic carbocycles. The third-order valence-electron chi connectivity index (χ3n) is 1.63. The van der Waals surface area contributed by atoms with E-state index in [1.54, 1.807) is 0 Å². The SMILES string of the molecule is [2H]C1OCCOC12CC2. The predicted molar refractivity (Wildman–Crippen MR) is 28.7 cm³/mol. The van der Waals surface area contributed by atoms with Gasteiger partial charge in [0.2, 0.25) is 0 Å². The molecule has 1 saturated heterocycles. The average molecular weight is 115 g/mol. The molecule has 0 aromatic heterocycles. The van der Waals surface area contributed by atoms with Gasteiger partial charge in [0.1, 0.15) is 0 Å². The molecule has 1 saturated carbocycles. The van der Waals surface area contributed by atoms with Gasteiger partial charge in [-0.3, -0.25) is 0 Å². The van der Waals surface area contributed by atoms with E-state index < -0.39 is 6.58 Å². The first-order valence-corrected chi connectivity index (χ1v) is 3.01. The highest BCUT2D eigenvalue weighted by atomic mass is 16.6. The Labute approximate surface area is 50.2 Å². The van der Waals surface area contributed by atoms with E-state index in [1.165, 1.54) is 0 Å². The number of hydrogen-bond donors (Lipinski definition) is 0. The smallest absolute Gasteiger partial charge is 0.0918 e. The Bertz CT molecular complexity index is 122. The number of ether oxygens (including phenoxy) is 2. The summed E-state index contributed by atoms with van der Waals surface area (Å²) in [7, 11) is 0. The van der Waals surface area contributed by atoms with Crippen LogP contribution in [0.1, 0.15) is 14.2 Å². The Balaban J connectivity index is 2.03. The molecule has 1 unspecified atom stereocenters. The molecular formula is C6H10O2. The van der Waals surface area contributed by atoms with Crippen molar-refractivity contribution in [3.05, 3.63) is 0 Å². The topological polar surface area (TPSA) is 18.5 Å². The van der Waals surface area contributed by atoms with E-state index >= 15 is 0 Å². The second-order valence-electron chi connectivity index (χ2n) is 2.40. The lowest BCUT2D eigenvalue weighted by molar-refractivity contribution is -0.104. The number of hydrogen-bond acceptors (Lipinski definition) is 2. The lowest BCUT2D eigenvalue weighted by atomic mass is 10.3. The van der Waals surface area contributed by atoms with Gasteiger partial charge in [0.15, 0.2) is 0 Å². The van der Waals surface area contributed by atoms with E-state index in [0.717, 1.165) is 12.8 Å². The second-order valence-corrected chi connectivity index (χ2v) is 2.40. The van der Waals surface area contributed by atoms with Gasteiger partial charge in [-0.25, -0.2) is 0 Å². The van der Waals surface area contributed by atoms with Crippen LogP contribution in [-0.4, -0.2) is 25.4 Å². The summed E-state index contributed by atoms with van der Waals surface area (Å²) in [4.78, 5) is 0. The molecule has 2 rings (SSSR count). The molecule has 1 spiro atoms. The molecule has 2 aliphatic rings. The van der Waals surface area contributed by atoms with Crippen LogP contribution in [-0.2, 0) is 9.47 Å². The summed E-state index contributed by atoms with van der Waals surface area (Å²) in [6, 6.07) is 0. The van der Waals surface area contributed by atoms with Gasteiger partial charge >= 0.3 is 0 Å². The summed E-state index contributed by atoms with van der Waals surface area (Å²) in [6.07, 6.45) is 2.03. The zero-order chi connectivity index (χ0) is 6.32. The van der Waals surface area contributed by atoms with E-state index in [9.17, 15) is 0 Å². The molecule has 0 radical (unpaired) electrons. The Hall–Kier alpha value is -0.0800. The molecule has 1 aliphatic heterocycles. The first-order valence-electron chi connectivity index (χ1n) is 3.59. The van der Waals surface area contributed by atoms with Gasteiger partial charge in [-0.05, 0) is 12.8 Å². The van der Waals surface area contributed by atoms with Crippen LogP contribution >= 0.6 is 0 Å². The fourth-order valence-electron chi connectivity index (χ4n) is 0.923. The van der Waals surface area contributed by atoms with Crippen LogP contribution in [0.25, 0.3) is 0 Å². The monoisotopic (exact) mass is 115 g/mol. The van der Waals surface area contributed by atoms with Crippen molar-refractivity contribution < 1.29 is 10.8 Å². The maximum Gasteiger partial charge on any atom is 0.0918 e. The fourth-order valence-corrected chi connectivity index (χ4v) is 0.923. The molecule has 0 amide bonds. The van der Waals surface area contributed by atoms with Gasteiger partial charge in [-0.2, -0.15) is 0 Å². The molecule has 1 atom stereocenters. The lowest BCUT2D eigenvalue weighted by Gasteiger charge is -2.21. The van der Waals surface area contributed by atoms with Crippen LogP contribution in [0, 0.1) is 0 Å². The molecule has 2 fully saturated rings. The molecule has 0 N–H and O–H groups in total. The summed E-state index contributed by atoms with van der Waals surface area (Å²) in [5.74, 6) is 0. The average Bonchev–Trinajstić information content (AvgIpc) is 2.60. The summed E-state index contributed by atoms with van der Waals surface area (Å²) < 4.78 is 17.9. The molecular weight excluding hydrogens is 104 g/mol. The summed E-state index contributed by atoms with van der Waals surface area (Å²) in [5.41, 5.74) is -0.168. The van der Waals surface area contributed by atoms with Crippen LogP contribution in [0.15, 0.2) is 0 Å². The molecule has 1 heterocycles. The van der Waals surface area contributed by atoms with Crippen molar-refractivity contribution in [2.24, 2.45) is 0 Å². The van der Waals surface area contributed by atoms with E-state index in [0.29, 0.717) is 13.2 Å². The molecule has 46 valence electrons. The highest BCUT2D eigenvalue weighted by molar-refractivity contribution is 4.96. The molecule has 1 aliphatic carbocycles. The minimum absolute atomic E-state index is 0.168. The van der Waals surface area contributed by atoms with Crippen molar-refractivity contribution in [2.45, 2.75) is 18.4 Å². The van der Waals surface area contributed by atoms with Crippen molar-refractivity contribution in [1.82, 2.24) is 0 Å². The first kappa shape index (κ1) is 3.85. The molecule has 0 bridgehead atoms. The molecule has 0 aromatic rings. The molecule has 8 heavy (non-hydrogen) atoms. The van der Waals surface area contributed by atoms with Crippen LogP contribution in [0.3, 0.4) is 0 Å². The summed E-state index contributed by atoms with van der Waals surface area (Å²) in [6.45, 7) is 0.858. The Kier molecular flexibility index (Phi) is 0.700. The summed E-state index contributed by atoms with van der Waals surface area (Å²) >= 11 is 0. The highest BCUT2D eigenvalue weighted by Crippen LogP contribution is 2.40. The van der Waals surface area contributed by atoms with E-state index in [2.05, 4.69) is 0 Å². The van der Waals surface area contributed by atoms with Gasteiger partial charge < -0.3 is 9.47 Å². The van der Waals surface area contributed by atoms with Crippen LogP contribution < -0.4 is 0 Å². The standard InChI is InChI=1S/C6H10O2/c1-2-6(1)5-7-3-4-8-6/h1-5H2/i5D. The van der Waals surface area contributed by atoms with Crippen molar-refractivity contribution >= 4 is 0 Å². The van der Waals surface area contributed by atoms with Gasteiger partial charge in [-0.1, -0.05) is 0 Å². The summed E-state index contributed by atoms with van der Waals surface area (Å²) in [5, 5.41) is 0. The minimum atomic E-state index is -0.411. The van der Waals surface area contributed by atoms with Gasteiger partial charge in [0.05, 0.1) is 26.8 Å². The lowest BCUT2D eigenvalue weighted by Crippen LogP contribution is -2.29. The normalized spacial score (nSPS) is 44.0. The van der Waals surface area contributed by atoms with Crippen molar-refractivity contribution in [3.8, 4) is 0 Å².